The van der Waals surface area contributed by atoms with Crippen LogP contribution in [-0.2, 0) is 5.60 Å². The Kier molecular flexibility index (Phi) is 5.41. The molecule has 2 aromatic carbocycles. The molecule has 2 aromatic rings. The predicted octanol–water partition coefficient (Wildman–Crippen LogP) is 2.71. The van der Waals surface area contributed by atoms with Gasteiger partial charge in [-0.15, -0.1) is 0 Å². The summed E-state index contributed by atoms with van der Waals surface area (Å²) in [4.78, 5) is 0. The lowest BCUT2D eigenvalue weighted by Gasteiger charge is -2.28. The van der Waals surface area contributed by atoms with Gasteiger partial charge in [0, 0.05) is 0 Å². The van der Waals surface area contributed by atoms with E-state index in [2.05, 4.69) is 0 Å². The molecule has 118 valence electrons. The van der Waals surface area contributed by atoms with Crippen molar-refractivity contribution >= 4 is 0 Å². The maximum Gasteiger partial charge on any atom is 0.119 e. The number of aliphatic hydroxyl groups excluding tert-OH is 1. The number of hydrogen-bond acceptors (Lipinski definition) is 4. The molecule has 4 nitrogen and oxygen atoms in total. The summed E-state index contributed by atoms with van der Waals surface area (Å²) in [5.41, 5.74) is 0.568. The second kappa shape index (κ2) is 7.29. The van der Waals surface area contributed by atoms with Gasteiger partial charge < -0.3 is 19.7 Å². The van der Waals surface area contributed by atoms with Crippen molar-refractivity contribution < 1.29 is 19.7 Å². The zero-order chi connectivity index (χ0) is 16.0. The predicted molar refractivity (Wildman–Crippen MR) is 85.3 cm³/mol. The molecule has 2 N–H and O–H groups in total. The molecule has 0 saturated carbocycles. The highest BCUT2D eigenvalue weighted by molar-refractivity contribution is 5.40. The minimum Gasteiger partial charge on any atom is -0.497 e. The quantitative estimate of drug-likeness (QED) is 0.825. The van der Waals surface area contributed by atoms with Crippen molar-refractivity contribution in [3.05, 3.63) is 59.7 Å². The van der Waals surface area contributed by atoms with Crippen LogP contribution in [0.25, 0.3) is 0 Å². The zero-order valence-electron chi connectivity index (χ0n) is 13.0. The molecule has 0 aromatic heterocycles. The Labute approximate surface area is 130 Å². The Hall–Kier alpha value is -2.04. The summed E-state index contributed by atoms with van der Waals surface area (Å²) in [7, 11) is 1.62. The Bertz CT molecular complexity index is 577. The van der Waals surface area contributed by atoms with Crippen molar-refractivity contribution in [3.63, 3.8) is 0 Å². The summed E-state index contributed by atoms with van der Waals surface area (Å²) in [6, 6.07) is 14.7. The number of rotatable bonds is 7. The maximum atomic E-state index is 11.1. The smallest absolute Gasteiger partial charge is 0.119 e. The lowest BCUT2D eigenvalue weighted by Crippen LogP contribution is -2.26. The van der Waals surface area contributed by atoms with Crippen molar-refractivity contribution in [1.29, 1.82) is 0 Å². The van der Waals surface area contributed by atoms with Crippen LogP contribution in [0.5, 0.6) is 11.5 Å². The van der Waals surface area contributed by atoms with E-state index in [0.717, 1.165) is 16.9 Å². The summed E-state index contributed by atoms with van der Waals surface area (Å²) < 4.78 is 10.5. The van der Waals surface area contributed by atoms with E-state index in [1.54, 1.807) is 19.2 Å². The third kappa shape index (κ3) is 3.40. The topological polar surface area (TPSA) is 58.9 Å². The molecule has 2 rings (SSSR count). The van der Waals surface area contributed by atoms with E-state index < -0.39 is 5.60 Å². The number of aliphatic hydroxyl groups is 2. The number of ether oxygens (including phenoxy) is 2. The summed E-state index contributed by atoms with van der Waals surface area (Å²) >= 11 is 0. The molecule has 4 heteroatoms. The molecular formula is C18H22O4. The molecule has 0 amide bonds. The fourth-order valence-electron chi connectivity index (χ4n) is 2.43. The van der Waals surface area contributed by atoms with Crippen LogP contribution < -0.4 is 9.47 Å². The van der Waals surface area contributed by atoms with Gasteiger partial charge in [-0.2, -0.15) is 0 Å². The molecule has 1 atom stereocenters. The molecule has 0 aliphatic rings. The summed E-state index contributed by atoms with van der Waals surface area (Å²) in [5.74, 6) is 1.43. The Morgan fingerprint density at radius 2 is 1.41 bits per heavy atom. The van der Waals surface area contributed by atoms with E-state index in [-0.39, 0.29) is 13.2 Å². The largest absolute Gasteiger partial charge is 0.497 e. The van der Waals surface area contributed by atoms with Crippen molar-refractivity contribution in [1.82, 2.24) is 0 Å². The van der Waals surface area contributed by atoms with Gasteiger partial charge in [-0.1, -0.05) is 31.2 Å². The van der Waals surface area contributed by atoms with E-state index in [9.17, 15) is 5.11 Å². The minimum atomic E-state index is -1.05. The highest BCUT2D eigenvalue weighted by Gasteiger charge is 2.29. The van der Waals surface area contributed by atoms with Crippen LogP contribution in [0, 0.1) is 0 Å². The molecule has 0 aliphatic heterocycles. The fraction of sp³-hybridized carbons (Fsp3) is 0.333. The molecular weight excluding hydrogens is 280 g/mol. The van der Waals surface area contributed by atoms with Gasteiger partial charge in [0.25, 0.3) is 0 Å². The lowest BCUT2D eigenvalue weighted by molar-refractivity contribution is 0.0764. The van der Waals surface area contributed by atoms with Crippen LogP contribution in [0.4, 0.5) is 0 Å². The third-order valence-electron chi connectivity index (χ3n) is 3.77. The minimum absolute atomic E-state index is 0.0213. The average Bonchev–Trinajstić information content (AvgIpc) is 2.59. The van der Waals surface area contributed by atoms with Gasteiger partial charge in [-0.05, 0) is 41.8 Å². The van der Waals surface area contributed by atoms with E-state index in [0.29, 0.717) is 12.2 Å². The summed E-state index contributed by atoms with van der Waals surface area (Å²) in [6.45, 7) is 2.18. The first kappa shape index (κ1) is 16.3. The van der Waals surface area contributed by atoms with Gasteiger partial charge in [0.1, 0.15) is 23.7 Å². The van der Waals surface area contributed by atoms with Crippen molar-refractivity contribution in [2.75, 3.05) is 20.3 Å². The SMILES string of the molecule is CCC(O)(c1ccc(OC)cc1)c1ccc(OCCO)cc1. The van der Waals surface area contributed by atoms with Crippen molar-refractivity contribution in [2.24, 2.45) is 0 Å². The number of methoxy groups -OCH3 is 1. The molecule has 0 saturated heterocycles. The normalized spacial score (nSPS) is 13.5. The Balaban J connectivity index is 2.28. The summed E-state index contributed by atoms with van der Waals surface area (Å²) in [6.07, 6.45) is 0.552. The molecule has 0 spiro atoms. The van der Waals surface area contributed by atoms with Crippen LogP contribution in [0.15, 0.2) is 48.5 Å². The highest BCUT2D eigenvalue weighted by Crippen LogP contribution is 2.34. The van der Waals surface area contributed by atoms with E-state index in [4.69, 9.17) is 14.6 Å². The molecule has 22 heavy (non-hydrogen) atoms. The van der Waals surface area contributed by atoms with Crippen LogP contribution >= 0.6 is 0 Å². The average molecular weight is 302 g/mol. The molecule has 0 radical (unpaired) electrons. The lowest BCUT2D eigenvalue weighted by atomic mass is 9.84. The standard InChI is InChI=1S/C18H22O4/c1-3-18(20,14-4-8-16(21-2)9-5-14)15-6-10-17(11-7-15)22-13-12-19/h4-11,19-20H,3,12-13H2,1-2H3. The van der Waals surface area contributed by atoms with Crippen LogP contribution in [0.1, 0.15) is 24.5 Å². The number of benzene rings is 2. The molecule has 1 unspecified atom stereocenters. The third-order valence-corrected chi connectivity index (χ3v) is 3.77. The second-order valence-corrected chi connectivity index (χ2v) is 5.04. The van der Waals surface area contributed by atoms with Crippen LogP contribution in [-0.4, -0.2) is 30.5 Å². The molecule has 0 aliphatic carbocycles. The van der Waals surface area contributed by atoms with Crippen LogP contribution in [0.2, 0.25) is 0 Å². The Morgan fingerprint density at radius 3 is 1.82 bits per heavy atom. The van der Waals surface area contributed by atoms with Gasteiger partial charge in [0.15, 0.2) is 0 Å². The fourth-order valence-corrected chi connectivity index (χ4v) is 2.43. The van der Waals surface area contributed by atoms with Gasteiger partial charge in [0.2, 0.25) is 0 Å². The van der Waals surface area contributed by atoms with Crippen molar-refractivity contribution in [3.8, 4) is 11.5 Å². The first-order valence-corrected chi connectivity index (χ1v) is 7.35. The van der Waals surface area contributed by atoms with Gasteiger partial charge in [0.05, 0.1) is 13.7 Å². The highest BCUT2D eigenvalue weighted by atomic mass is 16.5. The molecule has 0 bridgehead atoms. The first-order valence-electron chi connectivity index (χ1n) is 7.35. The second-order valence-electron chi connectivity index (χ2n) is 5.04. The van der Waals surface area contributed by atoms with Gasteiger partial charge in [-0.3, -0.25) is 0 Å². The van der Waals surface area contributed by atoms with Crippen LogP contribution in [0.3, 0.4) is 0 Å². The van der Waals surface area contributed by atoms with E-state index >= 15 is 0 Å². The monoisotopic (exact) mass is 302 g/mol. The van der Waals surface area contributed by atoms with Gasteiger partial charge in [-0.25, -0.2) is 0 Å². The Morgan fingerprint density at radius 1 is 0.909 bits per heavy atom. The maximum absolute atomic E-state index is 11.1. The number of hydrogen-bond donors (Lipinski definition) is 2. The van der Waals surface area contributed by atoms with E-state index in [1.165, 1.54) is 0 Å². The summed E-state index contributed by atoms with van der Waals surface area (Å²) in [5, 5.41) is 19.8. The molecule has 0 fully saturated rings. The van der Waals surface area contributed by atoms with Gasteiger partial charge >= 0.3 is 0 Å². The van der Waals surface area contributed by atoms with E-state index in [1.807, 2.05) is 43.3 Å². The first-order chi connectivity index (χ1) is 10.6. The molecule has 0 heterocycles. The zero-order valence-corrected chi connectivity index (χ0v) is 13.0. The van der Waals surface area contributed by atoms with Crippen molar-refractivity contribution in [2.45, 2.75) is 18.9 Å².